The van der Waals surface area contributed by atoms with Crippen LogP contribution < -0.4 is 0 Å². The summed E-state index contributed by atoms with van der Waals surface area (Å²) in [5.74, 6) is 0. The molecule has 84 valence electrons. The van der Waals surface area contributed by atoms with Crippen molar-refractivity contribution < 1.29 is 15.3 Å². The van der Waals surface area contributed by atoms with Crippen molar-refractivity contribution in [1.82, 2.24) is 0 Å². The highest BCUT2D eigenvalue weighted by molar-refractivity contribution is 4.82. The Kier molecular flexibility index (Phi) is 7.76. The van der Waals surface area contributed by atoms with Gasteiger partial charge in [-0.2, -0.15) is 0 Å². The number of hydrogen-bond donors (Lipinski definition) is 3. The second-order valence-corrected chi connectivity index (χ2v) is 3.71. The summed E-state index contributed by atoms with van der Waals surface area (Å²) in [6.07, 6.45) is 5.62. The summed E-state index contributed by atoms with van der Waals surface area (Å²) in [4.78, 5) is 0. The van der Waals surface area contributed by atoms with E-state index in [2.05, 4.69) is 6.58 Å². The summed E-state index contributed by atoms with van der Waals surface area (Å²) in [7, 11) is 0. The predicted octanol–water partition coefficient (Wildman–Crippen LogP) is 1.23. The maximum Gasteiger partial charge on any atom is 0.0652 e. The molecule has 0 heterocycles. The van der Waals surface area contributed by atoms with Crippen LogP contribution in [-0.4, -0.2) is 34.1 Å². The van der Waals surface area contributed by atoms with Crippen molar-refractivity contribution in [2.24, 2.45) is 0 Å². The normalized spacial score (nSPS) is 11.6. The van der Waals surface area contributed by atoms with E-state index < -0.39 is 5.60 Å². The Bertz CT molecular complexity index is 137. The van der Waals surface area contributed by atoms with Crippen LogP contribution in [0.25, 0.3) is 0 Å². The molecule has 0 rings (SSSR count). The van der Waals surface area contributed by atoms with E-state index >= 15 is 0 Å². The molecule has 14 heavy (non-hydrogen) atoms. The van der Waals surface area contributed by atoms with Crippen LogP contribution in [0.1, 0.15) is 38.5 Å². The van der Waals surface area contributed by atoms with Crippen molar-refractivity contribution in [3.05, 3.63) is 12.7 Å². The van der Waals surface area contributed by atoms with Crippen LogP contribution in [0.5, 0.6) is 0 Å². The third kappa shape index (κ3) is 6.13. The van der Waals surface area contributed by atoms with E-state index in [4.69, 9.17) is 10.2 Å². The first kappa shape index (κ1) is 13.6. The highest BCUT2D eigenvalue weighted by atomic mass is 16.3. The zero-order chi connectivity index (χ0) is 10.9. The van der Waals surface area contributed by atoms with E-state index in [-0.39, 0.29) is 13.2 Å². The number of allylic oxidation sites excluding steroid dienone is 1. The quantitative estimate of drug-likeness (QED) is 0.493. The van der Waals surface area contributed by atoms with Crippen LogP contribution in [0.2, 0.25) is 0 Å². The van der Waals surface area contributed by atoms with Gasteiger partial charge in [0.25, 0.3) is 0 Å². The molecule has 0 aliphatic carbocycles. The Morgan fingerprint density at radius 3 is 1.86 bits per heavy atom. The van der Waals surface area contributed by atoms with E-state index in [1.165, 1.54) is 0 Å². The van der Waals surface area contributed by atoms with Crippen LogP contribution in [0.4, 0.5) is 0 Å². The third-order valence-electron chi connectivity index (χ3n) is 2.41. The van der Waals surface area contributed by atoms with Crippen molar-refractivity contribution in [1.29, 1.82) is 0 Å². The molecule has 3 nitrogen and oxygen atoms in total. The molecule has 0 aliphatic rings. The van der Waals surface area contributed by atoms with Crippen molar-refractivity contribution in [2.75, 3.05) is 13.2 Å². The van der Waals surface area contributed by atoms with Gasteiger partial charge >= 0.3 is 0 Å². The molecular formula is C11H22O3. The molecule has 0 aromatic carbocycles. The van der Waals surface area contributed by atoms with Gasteiger partial charge in [0.2, 0.25) is 0 Å². The molecule has 0 unspecified atom stereocenters. The average Bonchev–Trinajstić information content (AvgIpc) is 2.21. The van der Waals surface area contributed by atoms with Gasteiger partial charge < -0.3 is 15.3 Å². The zero-order valence-corrected chi connectivity index (χ0v) is 8.78. The lowest BCUT2D eigenvalue weighted by atomic mass is 9.88. The summed E-state index contributed by atoms with van der Waals surface area (Å²) >= 11 is 0. The highest BCUT2D eigenvalue weighted by Crippen LogP contribution is 2.25. The molecule has 0 radical (unpaired) electrons. The number of rotatable bonds is 9. The molecule has 0 saturated heterocycles. The fourth-order valence-corrected chi connectivity index (χ4v) is 1.56. The van der Waals surface area contributed by atoms with Crippen molar-refractivity contribution >= 4 is 0 Å². The lowest BCUT2D eigenvalue weighted by Crippen LogP contribution is -2.29. The van der Waals surface area contributed by atoms with Gasteiger partial charge in [0.05, 0.1) is 5.60 Å². The monoisotopic (exact) mass is 202 g/mol. The van der Waals surface area contributed by atoms with Gasteiger partial charge in [-0.15, -0.1) is 6.58 Å². The molecule has 0 spiro atoms. The Balaban J connectivity index is 3.95. The lowest BCUT2D eigenvalue weighted by Gasteiger charge is -2.27. The Hall–Kier alpha value is -0.380. The van der Waals surface area contributed by atoms with Crippen molar-refractivity contribution in [2.45, 2.75) is 44.1 Å². The fraction of sp³-hybridized carbons (Fsp3) is 0.818. The molecule has 0 bridgehead atoms. The number of hydrogen-bond acceptors (Lipinski definition) is 3. The van der Waals surface area contributed by atoms with E-state index in [9.17, 15) is 5.11 Å². The SMILES string of the molecule is C=CCCC(O)(CCCO)CCCO. The fourth-order valence-electron chi connectivity index (χ4n) is 1.56. The molecular weight excluding hydrogens is 180 g/mol. The second kappa shape index (κ2) is 7.97. The summed E-state index contributed by atoms with van der Waals surface area (Å²) in [6, 6.07) is 0. The Labute approximate surface area is 86.1 Å². The van der Waals surface area contributed by atoms with Gasteiger partial charge in [0, 0.05) is 13.2 Å². The number of aliphatic hydroxyl groups is 3. The van der Waals surface area contributed by atoms with Crippen molar-refractivity contribution in [3.63, 3.8) is 0 Å². The summed E-state index contributed by atoms with van der Waals surface area (Å²) < 4.78 is 0. The second-order valence-electron chi connectivity index (χ2n) is 3.71. The third-order valence-corrected chi connectivity index (χ3v) is 2.41. The first-order valence-corrected chi connectivity index (χ1v) is 5.23. The lowest BCUT2D eigenvalue weighted by molar-refractivity contribution is 0.00402. The van der Waals surface area contributed by atoms with E-state index in [0.717, 1.165) is 6.42 Å². The minimum Gasteiger partial charge on any atom is -0.396 e. The topological polar surface area (TPSA) is 60.7 Å². The summed E-state index contributed by atoms with van der Waals surface area (Å²) in [5, 5.41) is 27.5. The molecule has 0 amide bonds. The maximum absolute atomic E-state index is 10.1. The first-order chi connectivity index (χ1) is 6.68. The van der Waals surface area contributed by atoms with Crippen LogP contribution in [0.15, 0.2) is 12.7 Å². The van der Waals surface area contributed by atoms with Gasteiger partial charge in [0.15, 0.2) is 0 Å². The van der Waals surface area contributed by atoms with E-state index in [1.807, 2.05) is 0 Å². The molecule has 3 N–H and O–H groups in total. The Morgan fingerprint density at radius 2 is 1.50 bits per heavy atom. The van der Waals surface area contributed by atoms with Crippen molar-refractivity contribution in [3.8, 4) is 0 Å². The van der Waals surface area contributed by atoms with Gasteiger partial charge in [0.1, 0.15) is 0 Å². The van der Waals surface area contributed by atoms with Gasteiger partial charge in [-0.25, -0.2) is 0 Å². The van der Waals surface area contributed by atoms with E-state index in [1.54, 1.807) is 6.08 Å². The van der Waals surface area contributed by atoms with Gasteiger partial charge in [-0.05, 0) is 38.5 Å². The molecule has 0 aromatic rings. The Morgan fingerprint density at radius 1 is 1.00 bits per heavy atom. The standard InChI is InChI=1S/C11H22O3/c1-2-3-6-11(14,7-4-9-12)8-5-10-13/h2,12-14H,1,3-10H2. The molecule has 0 atom stereocenters. The maximum atomic E-state index is 10.1. The summed E-state index contributed by atoms with van der Waals surface area (Å²) in [5.41, 5.74) is -0.736. The molecule has 0 aromatic heterocycles. The van der Waals surface area contributed by atoms with Crippen LogP contribution in [-0.2, 0) is 0 Å². The number of aliphatic hydroxyl groups excluding tert-OH is 2. The smallest absolute Gasteiger partial charge is 0.0652 e. The highest BCUT2D eigenvalue weighted by Gasteiger charge is 2.24. The zero-order valence-electron chi connectivity index (χ0n) is 8.78. The van der Waals surface area contributed by atoms with Crippen LogP contribution >= 0.6 is 0 Å². The van der Waals surface area contributed by atoms with E-state index in [0.29, 0.717) is 32.1 Å². The molecule has 3 heteroatoms. The predicted molar refractivity (Wildman–Crippen MR) is 57.0 cm³/mol. The molecule has 0 saturated carbocycles. The minimum atomic E-state index is -0.736. The van der Waals surface area contributed by atoms with Crippen LogP contribution in [0, 0.1) is 0 Å². The van der Waals surface area contributed by atoms with Gasteiger partial charge in [-0.3, -0.25) is 0 Å². The van der Waals surface area contributed by atoms with Crippen LogP contribution in [0.3, 0.4) is 0 Å². The molecule has 0 aliphatic heterocycles. The largest absolute Gasteiger partial charge is 0.396 e. The van der Waals surface area contributed by atoms with Gasteiger partial charge in [-0.1, -0.05) is 6.08 Å². The molecule has 0 fully saturated rings. The summed E-state index contributed by atoms with van der Waals surface area (Å²) in [6.45, 7) is 3.83. The minimum absolute atomic E-state index is 0.107. The first-order valence-electron chi connectivity index (χ1n) is 5.23. The average molecular weight is 202 g/mol.